The minimum Gasteiger partial charge on any atom is -0.143 e. The van der Waals surface area contributed by atoms with Crippen molar-refractivity contribution in [2.75, 3.05) is 0 Å². The molecule has 0 aliphatic heterocycles. The summed E-state index contributed by atoms with van der Waals surface area (Å²) in [6.07, 6.45) is 1.71. The van der Waals surface area contributed by atoms with E-state index in [1.165, 1.54) is 0 Å². The molecule has 0 amide bonds. The average molecular weight is 171 g/mol. The Hall–Kier alpha value is -0.400. The van der Waals surface area contributed by atoms with Gasteiger partial charge >= 0.3 is 0 Å². The van der Waals surface area contributed by atoms with Crippen LogP contribution in [0.3, 0.4) is 0 Å². The summed E-state index contributed by atoms with van der Waals surface area (Å²) in [7, 11) is 0. The monoisotopic (exact) mass is 170 g/mol. The van der Waals surface area contributed by atoms with Gasteiger partial charge in [0.25, 0.3) is 0 Å². The van der Waals surface area contributed by atoms with Crippen molar-refractivity contribution in [2.24, 2.45) is 0 Å². The van der Waals surface area contributed by atoms with Crippen LogP contribution in [0.5, 0.6) is 0 Å². The third-order valence-corrected chi connectivity index (χ3v) is 1.82. The first-order chi connectivity index (χ1) is 4.74. The highest BCUT2D eigenvalue weighted by Gasteiger charge is 1.94. The molecule has 0 radical (unpaired) electrons. The van der Waals surface area contributed by atoms with Crippen molar-refractivity contribution < 1.29 is 0 Å². The van der Waals surface area contributed by atoms with Gasteiger partial charge in [-0.2, -0.15) is 0 Å². The van der Waals surface area contributed by atoms with Gasteiger partial charge in [0.2, 0.25) is 0 Å². The lowest BCUT2D eigenvalue weighted by Crippen LogP contribution is -1.73. The van der Waals surface area contributed by atoms with Gasteiger partial charge in [-0.1, -0.05) is 24.3 Å². The largest absolute Gasteiger partial charge is 0.143 e. The Morgan fingerprint density at radius 1 is 1.50 bits per heavy atom. The van der Waals surface area contributed by atoms with Gasteiger partial charge in [0.15, 0.2) is 0 Å². The summed E-state index contributed by atoms with van der Waals surface area (Å²) in [6, 6.07) is 5.53. The first kappa shape index (κ1) is 7.70. The van der Waals surface area contributed by atoms with Gasteiger partial charge in [0.1, 0.15) is 0 Å². The summed E-state index contributed by atoms with van der Waals surface area (Å²) in [5, 5.41) is 0.716. The Balaban J connectivity index is 3.21. The average Bonchev–Trinajstić information content (AvgIpc) is 1.94. The lowest BCUT2D eigenvalue weighted by atomic mass is 10.2. The topological polar surface area (TPSA) is 0 Å². The van der Waals surface area contributed by atoms with Crippen LogP contribution in [0.15, 0.2) is 29.7 Å². The number of thiol groups is 1. The summed E-state index contributed by atoms with van der Waals surface area (Å²) < 4.78 is 0. The van der Waals surface area contributed by atoms with E-state index in [0.29, 0.717) is 5.02 Å². The van der Waals surface area contributed by atoms with E-state index in [1.54, 1.807) is 12.1 Å². The minimum absolute atomic E-state index is 0.716. The Morgan fingerprint density at radius 3 is 2.70 bits per heavy atom. The van der Waals surface area contributed by atoms with Gasteiger partial charge in [-0.25, -0.2) is 0 Å². The maximum Gasteiger partial charge on any atom is 0.0478 e. The van der Waals surface area contributed by atoms with E-state index in [2.05, 4.69) is 19.2 Å². The van der Waals surface area contributed by atoms with Crippen molar-refractivity contribution in [2.45, 2.75) is 4.90 Å². The highest BCUT2D eigenvalue weighted by molar-refractivity contribution is 7.80. The molecule has 0 atom stereocenters. The molecular formula is C8H7ClS. The molecule has 0 fully saturated rings. The van der Waals surface area contributed by atoms with Crippen LogP contribution in [0.1, 0.15) is 5.56 Å². The van der Waals surface area contributed by atoms with Crippen molar-refractivity contribution in [3.63, 3.8) is 0 Å². The molecule has 0 spiro atoms. The number of halogens is 1. The van der Waals surface area contributed by atoms with Crippen molar-refractivity contribution in [3.05, 3.63) is 35.4 Å². The molecule has 0 aliphatic carbocycles. The zero-order valence-electron chi connectivity index (χ0n) is 5.34. The van der Waals surface area contributed by atoms with Gasteiger partial charge in [-0.3, -0.25) is 0 Å². The Morgan fingerprint density at radius 2 is 2.20 bits per heavy atom. The van der Waals surface area contributed by atoms with Gasteiger partial charge in [-0.15, -0.1) is 12.6 Å². The van der Waals surface area contributed by atoms with E-state index in [4.69, 9.17) is 11.6 Å². The molecule has 1 rings (SSSR count). The molecule has 0 aliphatic rings. The summed E-state index contributed by atoms with van der Waals surface area (Å²) in [4.78, 5) is 0.902. The van der Waals surface area contributed by atoms with Crippen LogP contribution in [-0.2, 0) is 0 Å². The number of hydrogen-bond donors (Lipinski definition) is 1. The van der Waals surface area contributed by atoms with Crippen molar-refractivity contribution in [1.82, 2.24) is 0 Å². The number of rotatable bonds is 1. The van der Waals surface area contributed by atoms with Gasteiger partial charge in [0.05, 0.1) is 0 Å². The van der Waals surface area contributed by atoms with E-state index >= 15 is 0 Å². The van der Waals surface area contributed by atoms with E-state index in [1.807, 2.05) is 12.1 Å². The molecule has 52 valence electrons. The summed E-state index contributed by atoms with van der Waals surface area (Å²) in [6.45, 7) is 3.61. The minimum atomic E-state index is 0.716. The highest BCUT2D eigenvalue weighted by atomic mass is 35.5. The Labute approximate surface area is 70.9 Å². The molecule has 1 aromatic carbocycles. The molecule has 0 aromatic heterocycles. The third kappa shape index (κ3) is 1.55. The predicted octanol–water partition coefficient (Wildman–Crippen LogP) is 3.27. The number of benzene rings is 1. The second kappa shape index (κ2) is 3.13. The van der Waals surface area contributed by atoms with Crippen molar-refractivity contribution in [3.8, 4) is 0 Å². The molecule has 0 N–H and O–H groups in total. The Kier molecular flexibility index (Phi) is 2.41. The molecule has 0 saturated heterocycles. The second-order valence-corrected chi connectivity index (χ2v) is 2.83. The van der Waals surface area contributed by atoms with Crippen LogP contribution in [-0.4, -0.2) is 0 Å². The quantitative estimate of drug-likeness (QED) is 0.615. The van der Waals surface area contributed by atoms with Crippen LogP contribution >= 0.6 is 24.2 Å². The fraction of sp³-hybridized carbons (Fsp3) is 0. The second-order valence-electron chi connectivity index (χ2n) is 1.91. The predicted molar refractivity (Wildman–Crippen MR) is 48.8 cm³/mol. The normalized spacial score (nSPS) is 9.40. The van der Waals surface area contributed by atoms with E-state index < -0.39 is 0 Å². The van der Waals surface area contributed by atoms with Crippen LogP contribution < -0.4 is 0 Å². The third-order valence-electron chi connectivity index (χ3n) is 1.20. The van der Waals surface area contributed by atoms with Gasteiger partial charge in [-0.05, 0) is 23.8 Å². The van der Waals surface area contributed by atoms with Crippen LogP contribution in [0.25, 0.3) is 6.08 Å². The lowest BCUT2D eigenvalue weighted by Gasteiger charge is -1.97. The maximum atomic E-state index is 5.79. The molecule has 0 heterocycles. The molecule has 0 saturated carbocycles. The molecular weight excluding hydrogens is 164 g/mol. The molecule has 2 heteroatoms. The first-order valence-electron chi connectivity index (χ1n) is 2.85. The van der Waals surface area contributed by atoms with Gasteiger partial charge < -0.3 is 0 Å². The van der Waals surface area contributed by atoms with E-state index in [0.717, 1.165) is 10.5 Å². The van der Waals surface area contributed by atoms with Crippen LogP contribution in [0.4, 0.5) is 0 Å². The molecule has 0 unspecified atom stereocenters. The molecule has 0 nitrogen and oxygen atoms in total. The van der Waals surface area contributed by atoms with Crippen molar-refractivity contribution in [1.29, 1.82) is 0 Å². The summed E-state index contributed by atoms with van der Waals surface area (Å²) in [5.41, 5.74) is 0.925. The van der Waals surface area contributed by atoms with Gasteiger partial charge in [0, 0.05) is 9.92 Å². The molecule has 0 bridgehead atoms. The summed E-state index contributed by atoms with van der Waals surface area (Å²) in [5.74, 6) is 0. The zero-order valence-corrected chi connectivity index (χ0v) is 6.99. The van der Waals surface area contributed by atoms with Crippen LogP contribution in [0, 0.1) is 0 Å². The number of hydrogen-bond acceptors (Lipinski definition) is 1. The standard InChI is InChI=1S/C8H7ClS/c1-2-6-5-7(10)3-4-8(6)9/h2-5,10H,1H2. The Bertz CT molecular complexity index is 255. The summed E-state index contributed by atoms with van der Waals surface area (Å²) >= 11 is 9.94. The zero-order chi connectivity index (χ0) is 7.56. The van der Waals surface area contributed by atoms with Crippen molar-refractivity contribution >= 4 is 30.3 Å². The van der Waals surface area contributed by atoms with E-state index in [9.17, 15) is 0 Å². The maximum absolute atomic E-state index is 5.79. The van der Waals surface area contributed by atoms with E-state index in [-0.39, 0.29) is 0 Å². The molecule has 10 heavy (non-hydrogen) atoms. The van der Waals surface area contributed by atoms with Crippen LogP contribution in [0.2, 0.25) is 5.02 Å². The lowest BCUT2D eigenvalue weighted by molar-refractivity contribution is 1.46. The fourth-order valence-electron chi connectivity index (χ4n) is 0.688. The molecule has 1 aromatic rings. The highest BCUT2D eigenvalue weighted by Crippen LogP contribution is 2.19. The fourth-order valence-corrected chi connectivity index (χ4v) is 1.10. The SMILES string of the molecule is C=Cc1cc(S)ccc1Cl. The first-order valence-corrected chi connectivity index (χ1v) is 3.67. The smallest absolute Gasteiger partial charge is 0.0478 e.